The van der Waals surface area contributed by atoms with Gasteiger partial charge in [-0.3, -0.25) is 4.79 Å². The van der Waals surface area contributed by atoms with Crippen LogP contribution in [0.25, 0.3) is 5.69 Å². The summed E-state index contributed by atoms with van der Waals surface area (Å²) in [6.45, 7) is 8.53. The average Bonchev–Trinajstić information content (AvgIpc) is 2.91. The third-order valence-corrected chi connectivity index (χ3v) is 4.37. The van der Waals surface area contributed by atoms with Crippen LogP contribution in [0.2, 0.25) is 0 Å². The van der Waals surface area contributed by atoms with Crippen molar-refractivity contribution in [3.8, 4) is 5.69 Å². The second kappa shape index (κ2) is 6.50. The summed E-state index contributed by atoms with van der Waals surface area (Å²) in [5, 5.41) is 4.47. The van der Waals surface area contributed by atoms with Gasteiger partial charge in [0, 0.05) is 26.2 Å². The molecule has 1 aliphatic rings. The first-order valence-corrected chi connectivity index (χ1v) is 7.92. The normalized spacial score (nSPS) is 15.9. The number of rotatable bonds is 4. The zero-order valence-electron chi connectivity index (χ0n) is 13.5. The average molecular weight is 316 g/mol. The maximum absolute atomic E-state index is 13.6. The topological polar surface area (TPSA) is 41.4 Å². The second-order valence-electron chi connectivity index (χ2n) is 5.75. The van der Waals surface area contributed by atoms with Crippen molar-refractivity contribution >= 4 is 12.1 Å². The molecule has 1 aromatic carbocycles. The third kappa shape index (κ3) is 2.99. The SMILES string of the molecule is CCN1CCN(c2c(C=O)c(C)nn2-c2cccc(F)c2)CC1. The number of carbonyl (C=O) groups excluding carboxylic acids is 1. The minimum Gasteiger partial charge on any atom is -0.353 e. The minimum atomic E-state index is -0.315. The van der Waals surface area contributed by atoms with Crippen LogP contribution in [0.4, 0.5) is 10.2 Å². The van der Waals surface area contributed by atoms with E-state index in [0.717, 1.165) is 44.8 Å². The van der Waals surface area contributed by atoms with Crippen molar-refractivity contribution in [1.82, 2.24) is 14.7 Å². The van der Waals surface area contributed by atoms with Gasteiger partial charge in [-0.05, 0) is 31.7 Å². The Labute approximate surface area is 135 Å². The highest BCUT2D eigenvalue weighted by atomic mass is 19.1. The Hall–Kier alpha value is -2.21. The molecule has 0 N–H and O–H groups in total. The molecule has 0 aliphatic carbocycles. The van der Waals surface area contributed by atoms with Gasteiger partial charge in [-0.2, -0.15) is 5.10 Å². The smallest absolute Gasteiger partial charge is 0.155 e. The highest BCUT2D eigenvalue weighted by Gasteiger charge is 2.25. The van der Waals surface area contributed by atoms with Gasteiger partial charge < -0.3 is 9.80 Å². The van der Waals surface area contributed by atoms with Gasteiger partial charge in [0.05, 0.1) is 16.9 Å². The first kappa shape index (κ1) is 15.7. The Morgan fingerprint density at radius 3 is 2.61 bits per heavy atom. The zero-order valence-corrected chi connectivity index (χ0v) is 13.5. The van der Waals surface area contributed by atoms with E-state index in [1.807, 2.05) is 6.92 Å². The molecule has 1 fully saturated rings. The molecular weight excluding hydrogens is 295 g/mol. The molecule has 1 aromatic heterocycles. The van der Waals surface area contributed by atoms with Gasteiger partial charge in [-0.1, -0.05) is 13.0 Å². The van der Waals surface area contributed by atoms with Crippen molar-refractivity contribution < 1.29 is 9.18 Å². The minimum absolute atomic E-state index is 0.315. The Balaban J connectivity index is 2.03. The lowest BCUT2D eigenvalue weighted by Crippen LogP contribution is -2.47. The largest absolute Gasteiger partial charge is 0.353 e. The maximum Gasteiger partial charge on any atom is 0.155 e. The Morgan fingerprint density at radius 1 is 1.26 bits per heavy atom. The molecule has 1 saturated heterocycles. The van der Waals surface area contributed by atoms with Crippen molar-refractivity contribution in [3.05, 3.63) is 41.3 Å². The van der Waals surface area contributed by atoms with Crippen molar-refractivity contribution in [1.29, 1.82) is 0 Å². The number of hydrogen-bond acceptors (Lipinski definition) is 4. The summed E-state index contributed by atoms with van der Waals surface area (Å²) in [5.41, 5.74) is 1.88. The van der Waals surface area contributed by atoms with E-state index in [9.17, 15) is 9.18 Å². The Bertz CT molecular complexity index is 705. The number of hydrogen-bond donors (Lipinski definition) is 0. The summed E-state index contributed by atoms with van der Waals surface area (Å²) in [4.78, 5) is 16.1. The highest BCUT2D eigenvalue weighted by Crippen LogP contribution is 2.27. The number of aromatic nitrogens is 2. The summed E-state index contributed by atoms with van der Waals surface area (Å²) in [5.74, 6) is 0.448. The lowest BCUT2D eigenvalue weighted by atomic mass is 10.2. The fourth-order valence-corrected chi connectivity index (χ4v) is 3.03. The van der Waals surface area contributed by atoms with E-state index >= 15 is 0 Å². The fourth-order valence-electron chi connectivity index (χ4n) is 3.03. The van der Waals surface area contributed by atoms with E-state index in [0.29, 0.717) is 16.9 Å². The van der Waals surface area contributed by atoms with Crippen LogP contribution in [-0.4, -0.2) is 53.7 Å². The number of anilines is 1. The number of benzene rings is 1. The van der Waals surface area contributed by atoms with Gasteiger partial charge in [-0.15, -0.1) is 0 Å². The molecule has 0 bridgehead atoms. The molecule has 23 heavy (non-hydrogen) atoms. The number of aldehydes is 1. The standard InChI is InChI=1S/C17H21FN4O/c1-3-20-7-9-21(10-8-20)17-16(12-23)13(2)19-22(17)15-6-4-5-14(18)11-15/h4-6,11-12H,3,7-10H2,1-2H3. The van der Waals surface area contributed by atoms with Crippen LogP contribution < -0.4 is 4.90 Å². The summed E-state index contributed by atoms with van der Waals surface area (Å²) in [6.07, 6.45) is 0.847. The third-order valence-electron chi connectivity index (χ3n) is 4.37. The van der Waals surface area contributed by atoms with E-state index in [1.54, 1.807) is 16.8 Å². The lowest BCUT2D eigenvalue weighted by Gasteiger charge is -2.35. The lowest BCUT2D eigenvalue weighted by molar-refractivity contribution is 0.112. The van der Waals surface area contributed by atoms with Crippen LogP contribution in [0, 0.1) is 12.7 Å². The van der Waals surface area contributed by atoms with Gasteiger partial charge in [0.25, 0.3) is 0 Å². The van der Waals surface area contributed by atoms with Gasteiger partial charge in [0.1, 0.15) is 11.6 Å². The molecule has 5 nitrogen and oxygen atoms in total. The number of halogens is 1. The molecule has 0 radical (unpaired) electrons. The molecular formula is C17H21FN4O. The molecule has 1 aliphatic heterocycles. The molecule has 0 unspecified atom stereocenters. The van der Waals surface area contributed by atoms with Gasteiger partial charge >= 0.3 is 0 Å². The summed E-state index contributed by atoms with van der Waals surface area (Å²) in [6, 6.07) is 6.30. The van der Waals surface area contributed by atoms with Gasteiger partial charge in [-0.25, -0.2) is 9.07 Å². The molecule has 2 aromatic rings. The van der Waals surface area contributed by atoms with Crippen molar-refractivity contribution in [2.45, 2.75) is 13.8 Å². The van der Waals surface area contributed by atoms with Gasteiger partial charge in [0.15, 0.2) is 6.29 Å². The second-order valence-corrected chi connectivity index (χ2v) is 5.75. The predicted molar refractivity (Wildman–Crippen MR) is 88.0 cm³/mol. The van der Waals surface area contributed by atoms with Crippen LogP contribution in [0.5, 0.6) is 0 Å². The molecule has 0 amide bonds. The van der Waals surface area contributed by atoms with Crippen LogP contribution >= 0.6 is 0 Å². The summed E-state index contributed by atoms with van der Waals surface area (Å²) in [7, 11) is 0. The number of likely N-dealkylation sites (N-methyl/N-ethyl adjacent to an activating group) is 1. The van der Waals surface area contributed by atoms with E-state index < -0.39 is 0 Å². The van der Waals surface area contributed by atoms with Crippen LogP contribution in [-0.2, 0) is 0 Å². The van der Waals surface area contributed by atoms with Crippen LogP contribution in [0.15, 0.2) is 24.3 Å². The zero-order chi connectivity index (χ0) is 16.4. The summed E-state index contributed by atoms with van der Waals surface area (Å²) < 4.78 is 15.3. The molecule has 2 heterocycles. The van der Waals surface area contributed by atoms with E-state index in [2.05, 4.69) is 21.8 Å². The van der Waals surface area contributed by atoms with Gasteiger partial charge in [0.2, 0.25) is 0 Å². The Morgan fingerprint density at radius 2 is 2.00 bits per heavy atom. The highest BCUT2D eigenvalue weighted by molar-refractivity contribution is 5.85. The monoisotopic (exact) mass is 316 g/mol. The molecule has 3 rings (SSSR count). The Kier molecular flexibility index (Phi) is 4.43. The van der Waals surface area contributed by atoms with E-state index in [1.165, 1.54) is 12.1 Å². The number of aryl methyl sites for hydroxylation is 1. The van der Waals surface area contributed by atoms with Crippen LogP contribution in [0.3, 0.4) is 0 Å². The van der Waals surface area contributed by atoms with Crippen molar-refractivity contribution in [2.24, 2.45) is 0 Å². The first-order valence-electron chi connectivity index (χ1n) is 7.92. The number of piperazine rings is 1. The van der Waals surface area contributed by atoms with Crippen molar-refractivity contribution in [2.75, 3.05) is 37.6 Å². The molecule has 0 saturated carbocycles. The van der Waals surface area contributed by atoms with E-state index in [-0.39, 0.29) is 5.82 Å². The molecule has 0 spiro atoms. The predicted octanol–water partition coefficient (Wildman–Crippen LogP) is 2.27. The van der Waals surface area contributed by atoms with E-state index in [4.69, 9.17) is 0 Å². The van der Waals surface area contributed by atoms with Crippen LogP contribution in [0.1, 0.15) is 23.0 Å². The maximum atomic E-state index is 13.6. The molecule has 0 atom stereocenters. The molecule has 122 valence electrons. The number of nitrogens with zero attached hydrogens (tertiary/aromatic N) is 4. The summed E-state index contributed by atoms with van der Waals surface area (Å²) >= 11 is 0. The molecule has 6 heteroatoms. The quantitative estimate of drug-likeness (QED) is 0.812. The number of carbonyl (C=O) groups is 1. The van der Waals surface area contributed by atoms with Crippen molar-refractivity contribution in [3.63, 3.8) is 0 Å². The first-order chi connectivity index (χ1) is 11.1. The fraction of sp³-hybridized carbons (Fsp3) is 0.412.